The molecule has 10 heteroatoms. The van der Waals surface area contributed by atoms with Crippen molar-refractivity contribution in [2.45, 2.75) is 11.8 Å². The fourth-order valence-corrected chi connectivity index (χ4v) is 3.10. The van der Waals surface area contributed by atoms with Crippen LogP contribution < -0.4 is 16.2 Å². The minimum absolute atomic E-state index is 0.206. The molecule has 0 aliphatic heterocycles. The zero-order valence-electron chi connectivity index (χ0n) is 14.8. The number of nitrogens with one attached hydrogen (secondary N) is 1. The fourth-order valence-electron chi connectivity index (χ4n) is 1.97. The number of nitrogens with zero attached hydrogens (tertiary/aromatic N) is 1. The lowest BCUT2D eigenvalue weighted by molar-refractivity contribution is 0.0696. The maximum absolute atomic E-state index is 11.0. The average Bonchev–Trinajstić information content (AvgIpc) is 3.02. The number of thiazole rings is 1. The van der Waals surface area contributed by atoms with Crippen molar-refractivity contribution >= 4 is 51.2 Å². The third-order valence-corrected chi connectivity index (χ3v) is 5.07. The van der Waals surface area contributed by atoms with E-state index in [1.54, 1.807) is 48.5 Å². The zero-order valence-corrected chi connectivity index (χ0v) is 16.4. The van der Waals surface area contributed by atoms with Crippen LogP contribution in [0.2, 0.25) is 0 Å². The van der Waals surface area contributed by atoms with Gasteiger partial charge in [-0.3, -0.25) is 4.79 Å². The number of aromatic nitrogens is 1. The van der Waals surface area contributed by atoms with Crippen LogP contribution in [0.5, 0.6) is 0 Å². The number of hydrogen-bond acceptors (Lipinski definition) is 7. The number of carboxylic acid groups (broad SMARTS) is 1. The Labute approximate surface area is 167 Å². The van der Waals surface area contributed by atoms with Gasteiger partial charge in [-0.05, 0) is 43.3 Å². The van der Waals surface area contributed by atoms with Gasteiger partial charge in [0.1, 0.15) is 21.7 Å². The molecule has 28 heavy (non-hydrogen) atoms. The van der Waals surface area contributed by atoms with Crippen LogP contribution in [-0.4, -0.2) is 26.6 Å². The molecular weight excluding hydrogens is 400 g/mol. The average molecular weight is 419 g/mol. The third-order valence-electron chi connectivity index (χ3n) is 3.42. The molecule has 3 aromatic rings. The second kappa shape index (κ2) is 9.74. The summed E-state index contributed by atoms with van der Waals surface area (Å²) in [5, 5.41) is 17.2. The second-order valence-corrected chi connectivity index (χ2v) is 7.60. The molecule has 0 saturated heterocycles. The van der Waals surface area contributed by atoms with Crippen molar-refractivity contribution in [1.82, 2.24) is 4.98 Å². The lowest BCUT2D eigenvalue weighted by Gasteiger charge is -2.02. The van der Waals surface area contributed by atoms with E-state index in [0.29, 0.717) is 26.8 Å². The monoisotopic (exact) mass is 418 g/mol. The Morgan fingerprint density at radius 3 is 2.25 bits per heavy atom. The number of nitrogens with two attached hydrogens (primary N) is 2. The normalized spacial score (nSPS) is 11.1. The molecule has 1 unspecified atom stereocenters. The van der Waals surface area contributed by atoms with Gasteiger partial charge in [-0.25, -0.2) is 19.1 Å². The largest absolute Gasteiger partial charge is 0.478 e. The molecule has 0 aliphatic rings. The number of hydrogen-bond donors (Lipinski definition) is 4. The molecule has 8 nitrogen and oxygen atoms in total. The molecule has 6 N–H and O–H groups in total. The van der Waals surface area contributed by atoms with E-state index >= 15 is 0 Å². The van der Waals surface area contributed by atoms with E-state index in [9.17, 15) is 13.8 Å². The van der Waals surface area contributed by atoms with E-state index < -0.39 is 17.0 Å². The predicted octanol–water partition coefficient (Wildman–Crippen LogP) is 2.96. The number of aryl methyl sites for hydroxylation is 1. The van der Waals surface area contributed by atoms with Crippen molar-refractivity contribution in [2.75, 3.05) is 11.1 Å². The topological polar surface area (TPSA) is 148 Å². The third kappa shape index (κ3) is 5.98. The van der Waals surface area contributed by atoms with Crippen molar-refractivity contribution in [3.8, 4) is 0 Å². The highest BCUT2D eigenvalue weighted by atomic mass is 32.2. The van der Waals surface area contributed by atoms with Gasteiger partial charge in [-0.15, -0.1) is 0 Å². The number of benzene rings is 2. The summed E-state index contributed by atoms with van der Waals surface area (Å²) < 4.78 is 11.0. The number of carbonyl (C=O) groups excluding carboxylic acids is 1. The lowest BCUT2D eigenvalue weighted by Crippen LogP contribution is -2.02. The van der Waals surface area contributed by atoms with E-state index in [-0.39, 0.29) is 5.82 Å². The molecule has 0 radical (unpaired) electrons. The Morgan fingerprint density at radius 1 is 1.18 bits per heavy atom. The molecule has 0 aliphatic carbocycles. The van der Waals surface area contributed by atoms with Crippen LogP contribution in [-0.2, 0) is 11.0 Å². The smallest absolute Gasteiger partial charge is 0.335 e. The van der Waals surface area contributed by atoms with Gasteiger partial charge >= 0.3 is 5.97 Å². The van der Waals surface area contributed by atoms with Crippen molar-refractivity contribution in [1.29, 1.82) is 0 Å². The minimum atomic E-state index is -1.49. The first-order chi connectivity index (χ1) is 13.3. The van der Waals surface area contributed by atoms with Gasteiger partial charge in [0, 0.05) is 5.69 Å². The fraction of sp³-hybridized carbons (Fsp3) is 0.0556. The van der Waals surface area contributed by atoms with E-state index in [0.717, 1.165) is 22.6 Å². The maximum atomic E-state index is 11.0. The maximum Gasteiger partial charge on any atom is 0.335 e. The van der Waals surface area contributed by atoms with Crippen molar-refractivity contribution in [3.63, 3.8) is 0 Å². The van der Waals surface area contributed by atoms with Crippen molar-refractivity contribution in [3.05, 3.63) is 64.5 Å². The Hall–Kier alpha value is -3.08. The molecule has 0 fully saturated rings. The number of nitrogen functional groups attached to an aromatic ring is 1. The first kappa shape index (κ1) is 21.2. The zero-order chi connectivity index (χ0) is 20.7. The Kier molecular flexibility index (Phi) is 7.38. The summed E-state index contributed by atoms with van der Waals surface area (Å²) in [6.45, 7) is 1.92. The molecule has 0 saturated carbocycles. The predicted molar refractivity (Wildman–Crippen MR) is 110 cm³/mol. The quantitative estimate of drug-likeness (QED) is 0.465. The summed E-state index contributed by atoms with van der Waals surface area (Å²) in [5.41, 5.74) is 7.70. The number of aromatic carboxylic acids is 1. The highest BCUT2D eigenvalue weighted by Gasteiger charge is 2.07. The first-order valence-corrected chi connectivity index (χ1v) is 9.87. The molecule has 146 valence electrons. The van der Waals surface area contributed by atoms with Crippen LogP contribution in [0.25, 0.3) is 0 Å². The molecule has 1 heterocycles. The van der Waals surface area contributed by atoms with Crippen molar-refractivity contribution < 1.29 is 18.9 Å². The van der Waals surface area contributed by atoms with Gasteiger partial charge < -0.3 is 16.2 Å². The molecular formula is C18H18N4O4S2. The number of rotatable bonds is 5. The summed E-state index contributed by atoms with van der Waals surface area (Å²) in [4.78, 5) is 25.9. The summed E-state index contributed by atoms with van der Waals surface area (Å²) in [6.07, 6.45) is 0.666. The summed E-state index contributed by atoms with van der Waals surface area (Å²) in [6, 6.07) is 13.5. The van der Waals surface area contributed by atoms with Crippen molar-refractivity contribution in [2.24, 2.45) is 5.14 Å². The van der Waals surface area contributed by atoms with Gasteiger partial charge in [0.25, 0.3) is 0 Å². The van der Waals surface area contributed by atoms with Gasteiger partial charge in [0.15, 0.2) is 11.4 Å². The van der Waals surface area contributed by atoms with Gasteiger partial charge in [0.2, 0.25) is 0 Å². The summed E-state index contributed by atoms with van der Waals surface area (Å²) >= 11 is 1.16. The van der Waals surface area contributed by atoms with E-state index in [1.807, 2.05) is 6.92 Å². The second-order valence-electron chi connectivity index (χ2n) is 5.50. The summed E-state index contributed by atoms with van der Waals surface area (Å²) in [7, 11) is -1.49. The molecule has 1 atom stereocenters. The van der Waals surface area contributed by atoms with Crippen LogP contribution in [0.1, 0.15) is 25.6 Å². The van der Waals surface area contributed by atoms with E-state index in [4.69, 9.17) is 16.0 Å². The van der Waals surface area contributed by atoms with E-state index in [2.05, 4.69) is 10.3 Å². The van der Waals surface area contributed by atoms with Crippen LogP contribution in [0.15, 0.2) is 53.4 Å². The van der Waals surface area contributed by atoms with Crippen LogP contribution in [0, 0.1) is 6.92 Å². The van der Waals surface area contributed by atoms with Gasteiger partial charge in [-0.1, -0.05) is 29.0 Å². The Morgan fingerprint density at radius 2 is 1.79 bits per heavy atom. The molecule has 0 spiro atoms. The number of carbonyl (C=O) groups is 2. The number of anilines is 3. The minimum Gasteiger partial charge on any atom is -0.478 e. The van der Waals surface area contributed by atoms with Crippen LogP contribution in [0.4, 0.5) is 16.6 Å². The number of carboxylic acids is 1. The molecule has 0 amide bonds. The Balaban J connectivity index is 0.000000237. The molecule has 1 aromatic heterocycles. The number of aldehydes is 1. The van der Waals surface area contributed by atoms with Gasteiger partial charge in [-0.2, -0.15) is 0 Å². The summed E-state index contributed by atoms with van der Waals surface area (Å²) in [5.74, 6) is -0.669. The highest BCUT2D eigenvalue weighted by Crippen LogP contribution is 2.26. The lowest BCUT2D eigenvalue weighted by atomic mass is 10.2. The standard InChI is InChI=1S/C10H10N4O2S2.C8H8O2/c11-9-8(5-15)17-10(14-9)13-6-1-3-7(4-2-6)18(12)16;1-6-2-4-7(5-3-6)8(9)10/h1-5H,11-12H2,(H,13,14);2-5H,1H3,(H,9,10). The van der Waals surface area contributed by atoms with Crippen LogP contribution in [0.3, 0.4) is 0 Å². The van der Waals surface area contributed by atoms with E-state index in [1.165, 1.54) is 0 Å². The molecule has 2 aromatic carbocycles. The first-order valence-electron chi connectivity index (χ1n) is 7.85. The van der Waals surface area contributed by atoms with Crippen LogP contribution >= 0.6 is 11.3 Å². The SMILES string of the molecule is Cc1ccc(C(=O)O)cc1.Nc1nc(Nc2ccc(S(N)=O)cc2)sc1C=O. The molecule has 3 rings (SSSR count). The Bertz CT molecular complexity index is 986. The molecule has 0 bridgehead atoms. The highest BCUT2D eigenvalue weighted by molar-refractivity contribution is 7.82. The van der Waals surface area contributed by atoms with Gasteiger partial charge in [0.05, 0.1) is 10.5 Å².